The molecule has 18 heavy (non-hydrogen) atoms. The highest BCUT2D eigenvalue weighted by molar-refractivity contribution is 5.91. The Morgan fingerprint density at radius 1 is 1.39 bits per heavy atom. The standard InChI is InChI=1S/C12H12N4O2/c1-18-9-4-2-8(3-5-9)10-6-11(17)15-12-13-7-14-16(10)12/h2-5,7,10H,6H2,1H3,(H,13,14,15,17)/t10-/m1/s1. The molecule has 1 aromatic carbocycles. The van der Waals surface area contributed by atoms with Crippen LogP contribution in [0.5, 0.6) is 5.75 Å². The normalized spacial score (nSPS) is 18.1. The van der Waals surface area contributed by atoms with Crippen LogP contribution in [0.2, 0.25) is 0 Å². The van der Waals surface area contributed by atoms with Crippen LogP contribution in [0.1, 0.15) is 18.0 Å². The zero-order chi connectivity index (χ0) is 12.5. The highest BCUT2D eigenvalue weighted by Crippen LogP contribution is 2.29. The van der Waals surface area contributed by atoms with Crippen LogP contribution < -0.4 is 10.1 Å². The highest BCUT2D eigenvalue weighted by atomic mass is 16.5. The van der Waals surface area contributed by atoms with Crippen LogP contribution in [0.3, 0.4) is 0 Å². The van der Waals surface area contributed by atoms with Gasteiger partial charge in [0.1, 0.15) is 12.1 Å². The lowest BCUT2D eigenvalue weighted by Gasteiger charge is -2.23. The third-order valence-electron chi connectivity index (χ3n) is 3.00. The molecule has 6 heteroatoms. The first-order chi connectivity index (χ1) is 8.78. The Balaban J connectivity index is 1.99. The second-order valence-corrected chi connectivity index (χ2v) is 4.07. The van der Waals surface area contributed by atoms with Crippen LogP contribution in [0.15, 0.2) is 30.6 Å². The molecule has 0 aliphatic carbocycles. The first-order valence-electron chi connectivity index (χ1n) is 5.61. The Labute approximate surface area is 104 Å². The number of aromatic nitrogens is 3. The van der Waals surface area contributed by atoms with E-state index in [9.17, 15) is 4.79 Å². The van der Waals surface area contributed by atoms with E-state index in [0.717, 1.165) is 11.3 Å². The molecule has 0 bridgehead atoms. The summed E-state index contributed by atoms with van der Waals surface area (Å²) >= 11 is 0. The van der Waals surface area contributed by atoms with Crippen molar-refractivity contribution in [3.8, 4) is 5.75 Å². The lowest BCUT2D eigenvalue weighted by Crippen LogP contribution is -2.29. The number of hydrogen-bond donors (Lipinski definition) is 1. The average Bonchev–Trinajstić information content (AvgIpc) is 2.86. The zero-order valence-corrected chi connectivity index (χ0v) is 9.83. The van der Waals surface area contributed by atoms with Gasteiger partial charge in [-0.15, -0.1) is 0 Å². The third-order valence-corrected chi connectivity index (χ3v) is 3.00. The fourth-order valence-electron chi connectivity index (χ4n) is 2.09. The van der Waals surface area contributed by atoms with Crippen molar-refractivity contribution >= 4 is 11.9 Å². The number of hydrogen-bond acceptors (Lipinski definition) is 4. The zero-order valence-electron chi connectivity index (χ0n) is 9.83. The minimum atomic E-state index is -0.109. The maximum absolute atomic E-state index is 11.6. The maximum Gasteiger partial charge on any atom is 0.229 e. The topological polar surface area (TPSA) is 69.0 Å². The van der Waals surface area contributed by atoms with E-state index in [0.29, 0.717) is 12.4 Å². The van der Waals surface area contributed by atoms with E-state index in [1.807, 2.05) is 24.3 Å². The molecule has 2 aromatic rings. The summed E-state index contributed by atoms with van der Waals surface area (Å²) < 4.78 is 6.84. The van der Waals surface area contributed by atoms with Crippen LogP contribution in [-0.2, 0) is 4.79 Å². The van der Waals surface area contributed by atoms with E-state index < -0.39 is 0 Å². The van der Waals surface area contributed by atoms with Gasteiger partial charge in [-0.3, -0.25) is 10.1 Å². The Morgan fingerprint density at radius 2 is 2.17 bits per heavy atom. The van der Waals surface area contributed by atoms with Crippen molar-refractivity contribution in [2.24, 2.45) is 0 Å². The number of carbonyl (C=O) groups is 1. The van der Waals surface area contributed by atoms with Crippen molar-refractivity contribution in [3.63, 3.8) is 0 Å². The van der Waals surface area contributed by atoms with Crippen LogP contribution in [0.4, 0.5) is 5.95 Å². The molecule has 0 saturated heterocycles. The molecule has 0 saturated carbocycles. The van der Waals surface area contributed by atoms with Gasteiger partial charge >= 0.3 is 0 Å². The van der Waals surface area contributed by atoms with E-state index in [-0.39, 0.29) is 11.9 Å². The molecule has 1 aliphatic rings. The first kappa shape index (κ1) is 10.8. The number of fused-ring (bicyclic) bond motifs is 1. The first-order valence-corrected chi connectivity index (χ1v) is 5.61. The van der Waals surface area contributed by atoms with Crippen molar-refractivity contribution in [2.75, 3.05) is 12.4 Å². The van der Waals surface area contributed by atoms with Crippen molar-refractivity contribution in [2.45, 2.75) is 12.5 Å². The van der Waals surface area contributed by atoms with Gasteiger partial charge in [0.2, 0.25) is 11.9 Å². The molecule has 2 heterocycles. The van der Waals surface area contributed by atoms with Crippen LogP contribution >= 0.6 is 0 Å². The molecule has 92 valence electrons. The van der Waals surface area contributed by atoms with Gasteiger partial charge in [-0.2, -0.15) is 10.1 Å². The van der Waals surface area contributed by atoms with Crippen LogP contribution in [0, 0.1) is 0 Å². The summed E-state index contributed by atoms with van der Waals surface area (Å²) in [5.74, 6) is 1.24. The summed E-state index contributed by atoms with van der Waals surface area (Å²) in [7, 11) is 1.62. The number of carbonyl (C=O) groups excluding carboxylic acids is 1. The highest BCUT2D eigenvalue weighted by Gasteiger charge is 2.27. The Kier molecular flexibility index (Phi) is 2.47. The van der Waals surface area contributed by atoms with E-state index in [1.165, 1.54) is 6.33 Å². The number of nitrogens with zero attached hydrogens (tertiary/aromatic N) is 3. The van der Waals surface area contributed by atoms with Gasteiger partial charge in [0.05, 0.1) is 19.6 Å². The van der Waals surface area contributed by atoms with Gasteiger partial charge in [0.15, 0.2) is 0 Å². The van der Waals surface area contributed by atoms with Crippen LogP contribution in [0.25, 0.3) is 0 Å². The number of benzene rings is 1. The van der Waals surface area contributed by atoms with Crippen molar-refractivity contribution < 1.29 is 9.53 Å². The monoisotopic (exact) mass is 244 g/mol. The van der Waals surface area contributed by atoms with E-state index >= 15 is 0 Å². The third kappa shape index (κ3) is 1.71. The average molecular weight is 244 g/mol. The summed E-state index contributed by atoms with van der Waals surface area (Å²) in [5, 5.41) is 6.84. The number of rotatable bonds is 2. The summed E-state index contributed by atoms with van der Waals surface area (Å²) in [4.78, 5) is 15.6. The molecular weight excluding hydrogens is 232 g/mol. The van der Waals surface area contributed by atoms with E-state index in [1.54, 1.807) is 11.8 Å². The van der Waals surface area contributed by atoms with Gasteiger partial charge in [-0.25, -0.2) is 4.68 Å². The van der Waals surface area contributed by atoms with Gasteiger partial charge in [-0.1, -0.05) is 12.1 Å². The van der Waals surface area contributed by atoms with Crippen molar-refractivity contribution in [3.05, 3.63) is 36.2 Å². The number of amides is 1. The Bertz CT molecular complexity index is 576. The molecule has 1 atom stereocenters. The fraction of sp³-hybridized carbons (Fsp3) is 0.250. The van der Waals surface area contributed by atoms with Crippen LogP contribution in [-0.4, -0.2) is 27.8 Å². The summed E-state index contributed by atoms with van der Waals surface area (Å²) in [5.41, 5.74) is 1.01. The van der Waals surface area contributed by atoms with E-state index in [2.05, 4.69) is 15.4 Å². The molecule has 1 amide bonds. The van der Waals surface area contributed by atoms with Crippen molar-refractivity contribution in [1.29, 1.82) is 0 Å². The molecule has 0 unspecified atom stereocenters. The predicted molar refractivity (Wildman–Crippen MR) is 64.4 cm³/mol. The summed E-state index contributed by atoms with van der Waals surface area (Å²) in [6, 6.07) is 7.51. The number of methoxy groups -OCH3 is 1. The second kappa shape index (κ2) is 4.14. The number of ether oxygens (including phenoxy) is 1. The maximum atomic E-state index is 11.6. The SMILES string of the molecule is COc1ccc([C@H]2CC(=O)Nc3ncnn32)cc1. The smallest absolute Gasteiger partial charge is 0.229 e. The van der Waals surface area contributed by atoms with Gasteiger partial charge in [-0.05, 0) is 17.7 Å². The molecule has 3 rings (SSSR count). The summed E-state index contributed by atoms with van der Waals surface area (Å²) in [6.07, 6.45) is 1.81. The molecule has 1 N–H and O–H groups in total. The lowest BCUT2D eigenvalue weighted by atomic mass is 10.0. The molecule has 1 aliphatic heterocycles. The molecule has 0 radical (unpaired) electrons. The lowest BCUT2D eigenvalue weighted by molar-refractivity contribution is -0.117. The molecule has 0 fully saturated rings. The Morgan fingerprint density at radius 3 is 2.89 bits per heavy atom. The number of anilines is 1. The molecule has 6 nitrogen and oxygen atoms in total. The minimum absolute atomic E-state index is 0.0451. The van der Waals surface area contributed by atoms with Gasteiger partial charge in [0.25, 0.3) is 0 Å². The Hall–Kier alpha value is -2.37. The van der Waals surface area contributed by atoms with Crippen molar-refractivity contribution in [1.82, 2.24) is 14.8 Å². The fourth-order valence-corrected chi connectivity index (χ4v) is 2.09. The molecule has 0 spiro atoms. The predicted octanol–water partition coefficient (Wildman–Crippen LogP) is 1.22. The summed E-state index contributed by atoms with van der Waals surface area (Å²) in [6.45, 7) is 0. The minimum Gasteiger partial charge on any atom is -0.497 e. The van der Waals surface area contributed by atoms with E-state index in [4.69, 9.17) is 4.74 Å². The molecule has 1 aromatic heterocycles. The quantitative estimate of drug-likeness (QED) is 0.862. The number of nitrogens with one attached hydrogen (secondary N) is 1. The molecular formula is C12H12N4O2. The van der Waals surface area contributed by atoms with Gasteiger partial charge in [0, 0.05) is 0 Å². The second-order valence-electron chi connectivity index (χ2n) is 4.07. The van der Waals surface area contributed by atoms with Gasteiger partial charge < -0.3 is 4.74 Å². The largest absolute Gasteiger partial charge is 0.497 e.